The summed E-state index contributed by atoms with van der Waals surface area (Å²) in [7, 11) is 1.76. The fourth-order valence-electron chi connectivity index (χ4n) is 3.74. The van der Waals surface area contributed by atoms with Crippen LogP contribution in [0.4, 0.5) is 22.0 Å². The number of carbonyl (C=O) groups is 2. The van der Waals surface area contributed by atoms with Gasteiger partial charge in [0.2, 0.25) is 5.91 Å². The Bertz CT molecular complexity index is 1070. The summed E-state index contributed by atoms with van der Waals surface area (Å²) in [4.78, 5) is 26.2. The second kappa shape index (κ2) is 7.62. The number of cyclic esters (lactones) is 1. The summed E-state index contributed by atoms with van der Waals surface area (Å²) in [5.41, 5.74) is 8.38. The van der Waals surface area contributed by atoms with E-state index in [4.69, 9.17) is 15.9 Å². The Morgan fingerprint density at radius 3 is 2.80 bits per heavy atom. The minimum Gasteiger partial charge on any atom is -0.447 e. The van der Waals surface area contributed by atoms with E-state index >= 15 is 0 Å². The molecule has 1 aromatic heterocycles. The highest BCUT2D eigenvalue weighted by Crippen LogP contribution is 2.44. The number of ether oxygens (including phenoxy) is 1. The van der Waals surface area contributed by atoms with E-state index in [0.29, 0.717) is 41.1 Å². The third-order valence-corrected chi connectivity index (χ3v) is 5.35. The second-order valence-electron chi connectivity index (χ2n) is 7.51. The van der Waals surface area contributed by atoms with E-state index < -0.39 is 6.09 Å². The molecule has 10 nitrogen and oxygen atoms in total. The molecule has 1 aromatic carbocycles. The molecule has 5 N–H and O–H groups in total. The zero-order valence-corrected chi connectivity index (χ0v) is 16.7. The molecule has 1 saturated carbocycles. The van der Waals surface area contributed by atoms with Crippen molar-refractivity contribution >= 4 is 46.3 Å². The first-order valence-electron chi connectivity index (χ1n) is 9.64. The van der Waals surface area contributed by atoms with Crippen LogP contribution in [0.3, 0.4) is 0 Å². The average Bonchev–Trinajstić information content (AvgIpc) is 3.44. The molecule has 1 aliphatic heterocycles. The van der Waals surface area contributed by atoms with Crippen molar-refractivity contribution in [3.8, 4) is 0 Å². The highest BCUT2D eigenvalue weighted by Gasteiger charge is 2.44. The van der Waals surface area contributed by atoms with Gasteiger partial charge < -0.3 is 26.5 Å². The number of carbonyl (C=O) groups excluding carboxylic acids is 2. The minimum atomic E-state index is -0.423. The number of fused-ring (bicyclic) bond motifs is 1. The Kier molecular flexibility index (Phi) is 4.98. The Hall–Kier alpha value is -3.69. The molecule has 156 valence electrons. The highest BCUT2D eigenvalue weighted by molar-refractivity contribution is 6.00. The van der Waals surface area contributed by atoms with Crippen molar-refractivity contribution in [3.63, 3.8) is 0 Å². The first kappa shape index (κ1) is 19.6. The van der Waals surface area contributed by atoms with Gasteiger partial charge in [-0.15, -0.1) is 10.2 Å². The Morgan fingerprint density at radius 2 is 2.13 bits per heavy atom. The standard InChI is InChI=1S/C20H23N7O3/c1-10-9-30-20(29)27(10)13-3-11-4-17(25-26-18(11)16(22)5-13)24-19(28)15-6-14(15)12(7-21)8-23-2/h3-5,7-8,10,14-15,21,23H,6,9,22H2,1-2H3,(H,24,25,28)/b12-8+,21-7?/t10-,14+,15-/m0/s1. The molecule has 0 bridgehead atoms. The molecule has 0 unspecified atom stereocenters. The molecular formula is C20H23N7O3. The topological polar surface area (TPSA) is 146 Å². The van der Waals surface area contributed by atoms with Crippen LogP contribution in [0.1, 0.15) is 13.3 Å². The van der Waals surface area contributed by atoms with Crippen LogP contribution in [0, 0.1) is 17.2 Å². The second-order valence-corrected chi connectivity index (χ2v) is 7.51. The molecule has 0 radical (unpaired) electrons. The number of nitrogens with one attached hydrogen (secondary N) is 3. The van der Waals surface area contributed by atoms with Gasteiger partial charge in [-0.1, -0.05) is 0 Å². The number of amides is 2. The third-order valence-electron chi connectivity index (χ3n) is 5.35. The van der Waals surface area contributed by atoms with Crippen LogP contribution < -0.4 is 21.3 Å². The molecule has 3 atom stereocenters. The number of allylic oxidation sites excluding steroid dienone is 1. The molecular weight excluding hydrogens is 386 g/mol. The molecule has 2 amide bonds. The fourth-order valence-corrected chi connectivity index (χ4v) is 3.74. The van der Waals surface area contributed by atoms with E-state index in [1.54, 1.807) is 31.4 Å². The highest BCUT2D eigenvalue weighted by atomic mass is 16.6. The molecule has 10 heteroatoms. The lowest BCUT2D eigenvalue weighted by molar-refractivity contribution is -0.117. The van der Waals surface area contributed by atoms with Crippen molar-refractivity contribution in [1.82, 2.24) is 15.5 Å². The van der Waals surface area contributed by atoms with Gasteiger partial charge in [-0.25, -0.2) is 4.79 Å². The number of nitrogens with two attached hydrogens (primary N) is 1. The largest absolute Gasteiger partial charge is 0.447 e. The van der Waals surface area contributed by atoms with Gasteiger partial charge in [-0.3, -0.25) is 9.69 Å². The van der Waals surface area contributed by atoms with Crippen LogP contribution in [-0.2, 0) is 9.53 Å². The maximum Gasteiger partial charge on any atom is 0.414 e. The molecule has 2 aromatic rings. The lowest BCUT2D eigenvalue weighted by Gasteiger charge is -2.19. The molecule has 2 heterocycles. The molecule has 0 spiro atoms. The predicted octanol–water partition coefficient (Wildman–Crippen LogP) is 1.88. The third kappa shape index (κ3) is 3.51. The van der Waals surface area contributed by atoms with Gasteiger partial charge in [0.25, 0.3) is 0 Å². The summed E-state index contributed by atoms with van der Waals surface area (Å²) in [6, 6.07) is 5.02. The lowest BCUT2D eigenvalue weighted by Crippen LogP contribution is -2.30. The van der Waals surface area contributed by atoms with E-state index in [2.05, 4.69) is 20.8 Å². The van der Waals surface area contributed by atoms with E-state index in [1.807, 2.05) is 6.92 Å². The molecule has 1 saturated heterocycles. The van der Waals surface area contributed by atoms with Crippen LogP contribution in [-0.4, -0.2) is 48.1 Å². The normalized spacial score (nSPS) is 23.3. The number of anilines is 3. The monoisotopic (exact) mass is 409 g/mol. The number of hydrogen-bond acceptors (Lipinski definition) is 8. The summed E-state index contributed by atoms with van der Waals surface area (Å²) in [6.45, 7) is 2.20. The van der Waals surface area contributed by atoms with Crippen LogP contribution in [0.15, 0.2) is 30.0 Å². The van der Waals surface area contributed by atoms with Crippen molar-refractivity contribution in [2.75, 3.05) is 29.6 Å². The van der Waals surface area contributed by atoms with E-state index in [-0.39, 0.29) is 23.8 Å². The number of benzene rings is 1. The smallest absolute Gasteiger partial charge is 0.414 e. The molecule has 2 aliphatic rings. The van der Waals surface area contributed by atoms with Gasteiger partial charge in [-0.05, 0) is 43.0 Å². The van der Waals surface area contributed by atoms with Crippen molar-refractivity contribution < 1.29 is 14.3 Å². The van der Waals surface area contributed by atoms with Gasteiger partial charge >= 0.3 is 6.09 Å². The Morgan fingerprint density at radius 1 is 1.33 bits per heavy atom. The van der Waals surface area contributed by atoms with Crippen LogP contribution >= 0.6 is 0 Å². The number of nitrogens with zero attached hydrogens (tertiary/aromatic N) is 3. The number of hydrogen-bond donors (Lipinski definition) is 4. The Labute approximate surface area is 173 Å². The van der Waals surface area contributed by atoms with Gasteiger partial charge in [0.15, 0.2) is 5.82 Å². The molecule has 2 fully saturated rings. The van der Waals surface area contributed by atoms with E-state index in [9.17, 15) is 9.59 Å². The van der Waals surface area contributed by atoms with E-state index in [1.165, 1.54) is 11.1 Å². The van der Waals surface area contributed by atoms with Crippen LogP contribution in [0.2, 0.25) is 0 Å². The van der Waals surface area contributed by atoms with Crippen molar-refractivity contribution in [3.05, 3.63) is 30.0 Å². The molecule has 1 aliphatic carbocycles. The quantitative estimate of drug-likeness (QED) is 0.421. The zero-order chi connectivity index (χ0) is 21.4. The van der Waals surface area contributed by atoms with Gasteiger partial charge in [0, 0.05) is 30.8 Å². The summed E-state index contributed by atoms with van der Waals surface area (Å²) in [5, 5.41) is 22.0. The summed E-state index contributed by atoms with van der Waals surface area (Å²) >= 11 is 0. The summed E-state index contributed by atoms with van der Waals surface area (Å²) in [6.07, 6.45) is 3.25. The van der Waals surface area contributed by atoms with Crippen molar-refractivity contribution in [2.24, 2.45) is 11.8 Å². The first-order chi connectivity index (χ1) is 14.4. The Balaban J connectivity index is 1.56. The molecule has 4 rings (SSSR count). The molecule has 30 heavy (non-hydrogen) atoms. The lowest BCUT2D eigenvalue weighted by atomic mass is 10.1. The van der Waals surface area contributed by atoms with E-state index in [0.717, 1.165) is 5.57 Å². The zero-order valence-electron chi connectivity index (χ0n) is 16.7. The number of aromatic nitrogens is 2. The van der Waals surface area contributed by atoms with Crippen molar-refractivity contribution in [2.45, 2.75) is 19.4 Å². The maximum absolute atomic E-state index is 12.6. The maximum atomic E-state index is 12.6. The van der Waals surface area contributed by atoms with Gasteiger partial charge in [-0.2, -0.15) is 0 Å². The van der Waals surface area contributed by atoms with Crippen LogP contribution in [0.25, 0.3) is 10.9 Å². The van der Waals surface area contributed by atoms with Gasteiger partial charge in [0.05, 0.1) is 17.4 Å². The first-order valence-corrected chi connectivity index (χ1v) is 9.64. The number of nitrogen functional groups attached to an aromatic ring is 1. The fraction of sp³-hybridized carbons (Fsp3) is 0.350. The number of rotatable bonds is 6. The average molecular weight is 409 g/mol. The van der Waals surface area contributed by atoms with Crippen LogP contribution in [0.5, 0.6) is 0 Å². The van der Waals surface area contributed by atoms with Gasteiger partial charge in [0.1, 0.15) is 12.1 Å². The summed E-state index contributed by atoms with van der Waals surface area (Å²) < 4.78 is 5.09. The SMILES string of the molecule is CN/C=C(\C=N)[C@H]1C[C@@H]1C(=O)Nc1cc2cc(N3C(=O)OC[C@@H]3C)cc(N)c2nn1. The van der Waals surface area contributed by atoms with Crippen molar-refractivity contribution in [1.29, 1.82) is 5.41 Å². The predicted molar refractivity (Wildman–Crippen MR) is 113 cm³/mol. The summed E-state index contributed by atoms with van der Waals surface area (Å²) in [5.74, 6) is -0.0484. The minimum absolute atomic E-state index is 0.0216.